The van der Waals surface area contributed by atoms with Gasteiger partial charge in [0.1, 0.15) is 0 Å². The molecule has 1 rings (SSSR count). The Morgan fingerprint density at radius 2 is 1.29 bits per heavy atom. The van der Waals surface area contributed by atoms with Crippen LogP contribution in [0.4, 0.5) is 13.2 Å². The van der Waals surface area contributed by atoms with Crippen molar-refractivity contribution in [2.75, 3.05) is 19.8 Å². The maximum Gasteiger partial charge on any atom is 0.379 e. The van der Waals surface area contributed by atoms with Gasteiger partial charge in [0.2, 0.25) is 0 Å². The number of alkyl halides is 3. The summed E-state index contributed by atoms with van der Waals surface area (Å²) >= 11 is 0. The molecule has 0 radical (unpaired) electrons. The summed E-state index contributed by atoms with van der Waals surface area (Å²) in [5.41, 5.74) is 0. The van der Waals surface area contributed by atoms with E-state index >= 15 is 0 Å². The predicted molar refractivity (Wildman–Crippen MR) is 64.3 cm³/mol. The van der Waals surface area contributed by atoms with E-state index in [9.17, 15) is 13.2 Å². The normalized spacial score (nSPS) is 14.2. The average molecular weight is 252 g/mol. The van der Waals surface area contributed by atoms with Crippen LogP contribution >= 0.6 is 0 Å². The SMILES string of the molecule is CCCCN1C=CN(CCCC)C1.FC(F)F. The second kappa shape index (κ2) is 10.3. The van der Waals surface area contributed by atoms with Crippen LogP contribution in [-0.2, 0) is 0 Å². The lowest BCUT2D eigenvalue weighted by Gasteiger charge is -2.20. The predicted octanol–water partition coefficient (Wildman–Crippen LogP) is 3.81. The molecule has 0 N–H and O–H groups in total. The first-order valence-electron chi connectivity index (χ1n) is 6.18. The van der Waals surface area contributed by atoms with Crippen LogP contribution in [0.15, 0.2) is 12.4 Å². The van der Waals surface area contributed by atoms with E-state index in [-0.39, 0.29) is 0 Å². The van der Waals surface area contributed by atoms with Crippen LogP contribution in [0.25, 0.3) is 0 Å². The summed E-state index contributed by atoms with van der Waals surface area (Å²) in [6, 6.07) is 0. The maximum absolute atomic E-state index is 9.67. The summed E-state index contributed by atoms with van der Waals surface area (Å²) < 4.78 is 29.0. The molecule has 0 aromatic heterocycles. The van der Waals surface area contributed by atoms with Crippen molar-refractivity contribution in [2.45, 2.75) is 46.2 Å². The Kier molecular flexibility index (Phi) is 9.77. The molecule has 1 aliphatic heterocycles. The van der Waals surface area contributed by atoms with Gasteiger partial charge in [-0.25, -0.2) is 0 Å². The molecule has 0 unspecified atom stereocenters. The molecule has 0 saturated heterocycles. The van der Waals surface area contributed by atoms with Gasteiger partial charge in [0, 0.05) is 25.5 Å². The van der Waals surface area contributed by atoms with Crippen molar-refractivity contribution >= 4 is 0 Å². The van der Waals surface area contributed by atoms with Crippen LogP contribution in [0.1, 0.15) is 39.5 Å². The number of halogens is 3. The fraction of sp³-hybridized carbons (Fsp3) is 0.833. The third-order valence-corrected chi connectivity index (χ3v) is 2.45. The molecule has 0 aromatic rings. The van der Waals surface area contributed by atoms with Crippen molar-refractivity contribution in [2.24, 2.45) is 0 Å². The minimum absolute atomic E-state index is 1.11. The molecular formula is C12H23F3N2. The van der Waals surface area contributed by atoms with Crippen molar-refractivity contribution in [1.29, 1.82) is 0 Å². The minimum Gasteiger partial charge on any atom is -0.359 e. The van der Waals surface area contributed by atoms with E-state index < -0.39 is 6.68 Å². The van der Waals surface area contributed by atoms with E-state index in [1.165, 1.54) is 38.8 Å². The summed E-state index contributed by atoms with van der Waals surface area (Å²) in [5.74, 6) is 0. The van der Waals surface area contributed by atoms with Gasteiger partial charge in [0.05, 0.1) is 6.67 Å². The van der Waals surface area contributed by atoms with Gasteiger partial charge >= 0.3 is 6.68 Å². The van der Waals surface area contributed by atoms with Gasteiger partial charge in [-0.05, 0) is 12.8 Å². The van der Waals surface area contributed by atoms with Crippen LogP contribution in [0, 0.1) is 0 Å². The van der Waals surface area contributed by atoms with Crippen molar-refractivity contribution in [3.63, 3.8) is 0 Å². The number of hydrogen-bond acceptors (Lipinski definition) is 2. The van der Waals surface area contributed by atoms with Crippen molar-refractivity contribution < 1.29 is 13.2 Å². The van der Waals surface area contributed by atoms with Crippen LogP contribution in [0.5, 0.6) is 0 Å². The molecule has 0 fully saturated rings. The fourth-order valence-corrected chi connectivity index (χ4v) is 1.53. The first-order valence-corrected chi connectivity index (χ1v) is 6.18. The molecule has 5 heteroatoms. The van der Waals surface area contributed by atoms with Crippen LogP contribution in [-0.4, -0.2) is 36.2 Å². The van der Waals surface area contributed by atoms with E-state index in [1.54, 1.807) is 0 Å². The summed E-state index contributed by atoms with van der Waals surface area (Å²) in [6.45, 7) is 4.37. The Hall–Kier alpha value is -0.870. The standard InChI is InChI=1S/C11H22N2.CHF3/c1-3-5-7-12-9-10-13(11-12)8-6-4-2;2-1(3)4/h9-10H,3-8,11H2,1-2H3;1H. The number of nitrogens with zero attached hydrogens (tertiary/aromatic N) is 2. The lowest BCUT2D eigenvalue weighted by molar-refractivity contribution is 0.00819. The summed E-state index contributed by atoms with van der Waals surface area (Å²) in [5, 5.41) is 0. The first kappa shape index (κ1) is 16.1. The Balaban J connectivity index is 0.000000557. The highest BCUT2D eigenvalue weighted by atomic mass is 19.4. The van der Waals surface area contributed by atoms with E-state index in [1.807, 2.05) is 0 Å². The van der Waals surface area contributed by atoms with Gasteiger partial charge in [0.15, 0.2) is 0 Å². The monoisotopic (exact) mass is 252 g/mol. The molecule has 0 aliphatic carbocycles. The van der Waals surface area contributed by atoms with Crippen LogP contribution in [0.3, 0.4) is 0 Å². The highest BCUT2D eigenvalue weighted by Crippen LogP contribution is 2.08. The number of hydrogen-bond donors (Lipinski definition) is 0. The van der Waals surface area contributed by atoms with Gasteiger partial charge in [-0.2, -0.15) is 13.2 Å². The molecule has 102 valence electrons. The Labute approximate surface area is 102 Å². The number of rotatable bonds is 6. The molecule has 0 atom stereocenters. The Morgan fingerprint density at radius 1 is 0.941 bits per heavy atom. The van der Waals surface area contributed by atoms with Gasteiger partial charge in [-0.1, -0.05) is 26.7 Å². The Morgan fingerprint density at radius 3 is 1.59 bits per heavy atom. The maximum atomic E-state index is 9.67. The molecular weight excluding hydrogens is 229 g/mol. The van der Waals surface area contributed by atoms with Crippen LogP contribution < -0.4 is 0 Å². The summed E-state index contributed by atoms with van der Waals surface area (Å²) in [4.78, 5) is 4.80. The third kappa shape index (κ3) is 10.0. The van der Waals surface area contributed by atoms with Crippen LogP contribution in [0.2, 0.25) is 0 Å². The molecule has 0 saturated carbocycles. The van der Waals surface area contributed by atoms with Gasteiger partial charge in [-0.15, -0.1) is 0 Å². The summed E-state index contributed by atoms with van der Waals surface area (Å²) in [7, 11) is 0. The lowest BCUT2D eigenvalue weighted by atomic mass is 10.3. The van der Waals surface area contributed by atoms with E-state index in [0.717, 1.165) is 6.67 Å². The fourth-order valence-electron chi connectivity index (χ4n) is 1.53. The van der Waals surface area contributed by atoms with Gasteiger partial charge < -0.3 is 9.80 Å². The lowest BCUT2D eigenvalue weighted by Crippen LogP contribution is -2.26. The summed E-state index contributed by atoms with van der Waals surface area (Å²) in [6.07, 6.45) is 9.66. The second-order valence-corrected chi connectivity index (χ2v) is 4.02. The Bertz CT molecular complexity index is 179. The van der Waals surface area contributed by atoms with Crippen molar-refractivity contribution in [3.8, 4) is 0 Å². The molecule has 0 amide bonds. The zero-order valence-corrected chi connectivity index (χ0v) is 10.7. The first-order chi connectivity index (χ1) is 8.10. The molecule has 1 aliphatic rings. The minimum atomic E-state index is -3.67. The number of unbranched alkanes of at least 4 members (excludes halogenated alkanes) is 2. The molecule has 1 heterocycles. The zero-order chi connectivity index (χ0) is 13.1. The smallest absolute Gasteiger partial charge is 0.359 e. The molecule has 2 nitrogen and oxygen atoms in total. The second-order valence-electron chi connectivity index (χ2n) is 4.02. The molecule has 17 heavy (non-hydrogen) atoms. The highest BCUT2D eigenvalue weighted by Gasteiger charge is 2.09. The van der Waals surface area contributed by atoms with E-state index in [4.69, 9.17) is 0 Å². The van der Waals surface area contributed by atoms with Gasteiger partial charge in [0.25, 0.3) is 0 Å². The highest BCUT2D eigenvalue weighted by molar-refractivity contribution is 4.90. The zero-order valence-electron chi connectivity index (χ0n) is 10.7. The molecule has 0 spiro atoms. The van der Waals surface area contributed by atoms with Crippen molar-refractivity contribution in [1.82, 2.24) is 9.80 Å². The quantitative estimate of drug-likeness (QED) is 0.709. The topological polar surface area (TPSA) is 6.48 Å². The van der Waals surface area contributed by atoms with E-state index in [2.05, 4.69) is 36.0 Å². The molecule has 0 aromatic carbocycles. The third-order valence-electron chi connectivity index (χ3n) is 2.45. The van der Waals surface area contributed by atoms with Crippen molar-refractivity contribution in [3.05, 3.63) is 12.4 Å². The molecule has 0 bridgehead atoms. The largest absolute Gasteiger partial charge is 0.379 e. The van der Waals surface area contributed by atoms with E-state index in [0.29, 0.717) is 0 Å². The average Bonchev–Trinajstić information content (AvgIpc) is 2.70. The van der Waals surface area contributed by atoms with Gasteiger partial charge in [-0.3, -0.25) is 0 Å².